The molecule has 1 fully saturated rings. The van der Waals surface area contributed by atoms with E-state index in [0.29, 0.717) is 36.0 Å². The van der Waals surface area contributed by atoms with Crippen LogP contribution in [-0.4, -0.2) is 34.7 Å². The fourth-order valence-electron chi connectivity index (χ4n) is 3.79. The van der Waals surface area contributed by atoms with Crippen LogP contribution in [0.5, 0.6) is 0 Å². The SMILES string of the molecule is Cc1cc(C(=O)C[C@@H]2CCCN(c3ncc(C(F)(F)F)cc3Cl)C2)cc(NC(=O)C(C)C)n1. The highest BCUT2D eigenvalue weighted by Gasteiger charge is 2.32. The van der Waals surface area contributed by atoms with Crippen molar-refractivity contribution < 1.29 is 22.8 Å². The van der Waals surface area contributed by atoms with E-state index in [9.17, 15) is 22.8 Å². The number of anilines is 2. The number of carbonyl (C=O) groups excluding carboxylic acids is 2. The zero-order chi connectivity index (χ0) is 24.3. The van der Waals surface area contributed by atoms with Crippen LogP contribution >= 0.6 is 11.6 Å². The standard InChI is InChI=1S/C23H26ClF3N4O2/c1-13(2)22(33)30-20-9-16(7-14(3)29-20)19(32)8-15-5-4-6-31(12-15)21-18(24)10-17(11-28-21)23(25,26)27/h7,9-11,13,15H,4-6,8,12H2,1-3H3,(H,29,30,33)/t15-/m0/s1. The highest BCUT2D eigenvalue weighted by atomic mass is 35.5. The summed E-state index contributed by atoms with van der Waals surface area (Å²) in [5.41, 5.74) is 0.184. The molecule has 3 heterocycles. The van der Waals surface area contributed by atoms with Crippen molar-refractivity contribution in [1.29, 1.82) is 0 Å². The zero-order valence-corrected chi connectivity index (χ0v) is 19.4. The van der Waals surface area contributed by atoms with Gasteiger partial charge in [-0.3, -0.25) is 9.59 Å². The van der Waals surface area contributed by atoms with Crippen LogP contribution in [0.25, 0.3) is 0 Å². The number of piperidine rings is 1. The Labute approximate surface area is 195 Å². The van der Waals surface area contributed by atoms with E-state index in [2.05, 4.69) is 15.3 Å². The second kappa shape index (κ2) is 10.1. The second-order valence-corrected chi connectivity index (χ2v) is 9.04. The van der Waals surface area contributed by atoms with Crippen LogP contribution < -0.4 is 10.2 Å². The predicted octanol–water partition coefficient (Wildman–Crippen LogP) is 5.54. The van der Waals surface area contributed by atoms with Crippen molar-refractivity contribution in [2.45, 2.75) is 46.2 Å². The number of pyridine rings is 2. The molecule has 1 N–H and O–H groups in total. The topological polar surface area (TPSA) is 75.2 Å². The van der Waals surface area contributed by atoms with Gasteiger partial charge in [0.1, 0.15) is 11.6 Å². The Kier molecular flexibility index (Phi) is 7.62. The number of aryl methyl sites for hydroxylation is 1. The van der Waals surface area contributed by atoms with E-state index in [-0.39, 0.29) is 35.0 Å². The Balaban J connectivity index is 1.70. The van der Waals surface area contributed by atoms with E-state index >= 15 is 0 Å². The smallest absolute Gasteiger partial charge is 0.355 e. The molecule has 0 radical (unpaired) electrons. The lowest BCUT2D eigenvalue weighted by atomic mass is 9.91. The quantitative estimate of drug-likeness (QED) is 0.547. The van der Waals surface area contributed by atoms with Crippen molar-refractivity contribution in [3.8, 4) is 0 Å². The summed E-state index contributed by atoms with van der Waals surface area (Å²) in [5, 5.41) is 2.65. The molecule has 178 valence electrons. The van der Waals surface area contributed by atoms with E-state index in [4.69, 9.17) is 11.6 Å². The third-order valence-electron chi connectivity index (χ3n) is 5.49. The number of alkyl halides is 3. The van der Waals surface area contributed by atoms with Crippen molar-refractivity contribution in [2.24, 2.45) is 11.8 Å². The number of aromatic nitrogens is 2. The fourth-order valence-corrected chi connectivity index (χ4v) is 4.07. The van der Waals surface area contributed by atoms with Crippen molar-refractivity contribution >= 4 is 34.9 Å². The molecule has 1 aliphatic rings. The van der Waals surface area contributed by atoms with Gasteiger partial charge >= 0.3 is 6.18 Å². The first-order chi connectivity index (χ1) is 15.4. The van der Waals surface area contributed by atoms with Gasteiger partial charge in [-0.05, 0) is 43.9 Å². The highest BCUT2D eigenvalue weighted by molar-refractivity contribution is 6.33. The molecule has 0 unspecified atom stereocenters. The first-order valence-corrected chi connectivity index (χ1v) is 11.1. The highest BCUT2D eigenvalue weighted by Crippen LogP contribution is 2.35. The molecule has 2 aromatic heterocycles. The minimum absolute atomic E-state index is 0.00594. The summed E-state index contributed by atoms with van der Waals surface area (Å²) in [7, 11) is 0. The molecule has 1 amide bonds. The molecule has 0 bridgehead atoms. The summed E-state index contributed by atoms with van der Waals surface area (Å²) in [6.45, 7) is 6.35. The van der Waals surface area contributed by atoms with Crippen LogP contribution in [0.15, 0.2) is 24.4 Å². The Morgan fingerprint density at radius 2 is 2.00 bits per heavy atom. The van der Waals surface area contributed by atoms with Gasteiger partial charge in [0.05, 0.1) is 10.6 Å². The van der Waals surface area contributed by atoms with Gasteiger partial charge in [-0.25, -0.2) is 9.97 Å². The van der Waals surface area contributed by atoms with E-state index < -0.39 is 11.7 Å². The molecule has 33 heavy (non-hydrogen) atoms. The number of nitrogens with zero attached hydrogens (tertiary/aromatic N) is 3. The molecular weight excluding hydrogens is 457 g/mol. The fraction of sp³-hybridized carbons (Fsp3) is 0.478. The Morgan fingerprint density at radius 1 is 1.27 bits per heavy atom. The van der Waals surface area contributed by atoms with Crippen LogP contribution in [-0.2, 0) is 11.0 Å². The van der Waals surface area contributed by atoms with E-state index in [1.54, 1.807) is 32.9 Å². The maximum Gasteiger partial charge on any atom is 0.417 e. The molecular formula is C23H26ClF3N4O2. The predicted molar refractivity (Wildman–Crippen MR) is 121 cm³/mol. The minimum atomic E-state index is -4.51. The summed E-state index contributed by atoms with van der Waals surface area (Å²) >= 11 is 6.10. The average molecular weight is 483 g/mol. The normalized spacial score (nSPS) is 16.7. The molecule has 1 aliphatic heterocycles. The number of halogens is 4. The zero-order valence-electron chi connectivity index (χ0n) is 18.7. The van der Waals surface area contributed by atoms with Gasteiger partial charge in [-0.2, -0.15) is 13.2 Å². The minimum Gasteiger partial charge on any atom is -0.355 e. The number of Topliss-reactive ketones (excluding diaryl/α,β-unsaturated/α-hetero) is 1. The molecule has 0 aromatic carbocycles. The van der Waals surface area contributed by atoms with Gasteiger partial charge in [0.15, 0.2) is 5.78 Å². The van der Waals surface area contributed by atoms with Crippen LogP contribution in [0.1, 0.15) is 54.7 Å². The molecule has 0 spiro atoms. The van der Waals surface area contributed by atoms with Crippen molar-refractivity contribution in [3.63, 3.8) is 0 Å². The van der Waals surface area contributed by atoms with Crippen LogP contribution in [0.2, 0.25) is 5.02 Å². The van der Waals surface area contributed by atoms with Gasteiger partial charge in [-0.1, -0.05) is 25.4 Å². The van der Waals surface area contributed by atoms with Crippen LogP contribution in [0.4, 0.5) is 24.8 Å². The van der Waals surface area contributed by atoms with Crippen LogP contribution in [0.3, 0.4) is 0 Å². The summed E-state index contributed by atoms with van der Waals surface area (Å²) in [4.78, 5) is 35.0. The molecule has 1 saturated heterocycles. The maximum atomic E-state index is 13.0. The van der Waals surface area contributed by atoms with Gasteiger partial charge in [-0.15, -0.1) is 0 Å². The Bertz CT molecular complexity index is 1040. The maximum absolute atomic E-state index is 13.0. The molecule has 3 rings (SSSR count). The monoisotopic (exact) mass is 482 g/mol. The lowest BCUT2D eigenvalue weighted by molar-refractivity contribution is -0.137. The largest absolute Gasteiger partial charge is 0.417 e. The summed E-state index contributed by atoms with van der Waals surface area (Å²) in [5.74, 6) is 0.136. The molecule has 6 nitrogen and oxygen atoms in total. The van der Waals surface area contributed by atoms with Gasteiger partial charge in [0.2, 0.25) is 5.91 Å². The van der Waals surface area contributed by atoms with Gasteiger partial charge in [0.25, 0.3) is 0 Å². The third kappa shape index (κ3) is 6.43. The Morgan fingerprint density at radius 3 is 2.64 bits per heavy atom. The number of nitrogens with one attached hydrogen (secondary N) is 1. The second-order valence-electron chi connectivity index (χ2n) is 8.64. The third-order valence-corrected chi connectivity index (χ3v) is 5.77. The lowest BCUT2D eigenvalue weighted by Crippen LogP contribution is -2.37. The van der Waals surface area contributed by atoms with Crippen molar-refractivity contribution in [1.82, 2.24) is 9.97 Å². The lowest BCUT2D eigenvalue weighted by Gasteiger charge is -2.34. The number of amides is 1. The number of hydrogen-bond donors (Lipinski definition) is 1. The molecule has 0 aliphatic carbocycles. The number of carbonyl (C=O) groups is 2. The van der Waals surface area contributed by atoms with E-state index in [1.165, 1.54) is 0 Å². The average Bonchev–Trinajstić information content (AvgIpc) is 2.72. The number of rotatable bonds is 6. The van der Waals surface area contributed by atoms with Crippen molar-refractivity contribution in [2.75, 3.05) is 23.3 Å². The summed E-state index contributed by atoms with van der Waals surface area (Å²) < 4.78 is 38.7. The number of hydrogen-bond acceptors (Lipinski definition) is 5. The van der Waals surface area contributed by atoms with Gasteiger partial charge < -0.3 is 10.2 Å². The summed E-state index contributed by atoms with van der Waals surface area (Å²) in [6, 6.07) is 4.14. The molecule has 10 heteroatoms. The molecule has 0 saturated carbocycles. The van der Waals surface area contributed by atoms with Gasteiger partial charge in [0, 0.05) is 42.9 Å². The summed E-state index contributed by atoms with van der Waals surface area (Å²) in [6.07, 6.45) is -1.90. The van der Waals surface area contributed by atoms with Crippen molar-refractivity contribution in [3.05, 3.63) is 46.2 Å². The Hall–Kier alpha value is -2.68. The number of ketones is 1. The van der Waals surface area contributed by atoms with E-state index in [1.807, 2.05) is 4.90 Å². The first-order valence-electron chi connectivity index (χ1n) is 10.7. The molecule has 1 atom stereocenters. The van der Waals surface area contributed by atoms with E-state index in [0.717, 1.165) is 25.1 Å². The molecule has 2 aromatic rings. The van der Waals surface area contributed by atoms with Crippen LogP contribution in [0, 0.1) is 18.8 Å². The first kappa shape index (κ1) is 25.0.